The van der Waals surface area contributed by atoms with Crippen LogP contribution in [0.5, 0.6) is 0 Å². The summed E-state index contributed by atoms with van der Waals surface area (Å²) in [6, 6.07) is 12.3. The Labute approximate surface area is 107 Å². The lowest BCUT2D eigenvalue weighted by Crippen LogP contribution is -2.17. The molecule has 1 aromatic heterocycles. The van der Waals surface area contributed by atoms with Gasteiger partial charge in [0, 0.05) is 25.7 Å². The van der Waals surface area contributed by atoms with E-state index >= 15 is 0 Å². The molecule has 0 bridgehead atoms. The van der Waals surface area contributed by atoms with Crippen LogP contribution < -0.4 is 4.90 Å². The Bertz CT molecular complexity index is 471. The zero-order chi connectivity index (χ0) is 12.1. The van der Waals surface area contributed by atoms with E-state index in [1.54, 1.807) is 6.20 Å². The van der Waals surface area contributed by atoms with Gasteiger partial charge >= 0.3 is 0 Å². The van der Waals surface area contributed by atoms with Gasteiger partial charge in [-0.25, -0.2) is 0 Å². The standard InChI is InChI=1S/C14H15ClN2/c1-17(11-12-5-3-2-4-6-12)14-10-16-8-7-13(14)9-15/h2-8,10H,9,11H2,1H3. The largest absolute Gasteiger partial charge is 0.369 e. The molecule has 0 aliphatic heterocycles. The van der Waals surface area contributed by atoms with Crippen LogP contribution in [0.3, 0.4) is 0 Å². The number of halogens is 1. The zero-order valence-corrected chi connectivity index (χ0v) is 10.6. The molecular weight excluding hydrogens is 232 g/mol. The zero-order valence-electron chi connectivity index (χ0n) is 9.81. The highest BCUT2D eigenvalue weighted by molar-refractivity contribution is 6.17. The summed E-state index contributed by atoms with van der Waals surface area (Å²) < 4.78 is 0. The number of anilines is 1. The summed E-state index contributed by atoms with van der Waals surface area (Å²) >= 11 is 5.92. The van der Waals surface area contributed by atoms with E-state index in [0.29, 0.717) is 5.88 Å². The van der Waals surface area contributed by atoms with E-state index < -0.39 is 0 Å². The minimum atomic E-state index is 0.511. The molecule has 17 heavy (non-hydrogen) atoms. The summed E-state index contributed by atoms with van der Waals surface area (Å²) in [5, 5.41) is 0. The van der Waals surface area contributed by atoms with Crippen molar-refractivity contribution in [1.82, 2.24) is 4.98 Å². The van der Waals surface area contributed by atoms with E-state index in [9.17, 15) is 0 Å². The molecule has 0 atom stereocenters. The number of alkyl halides is 1. The third kappa shape index (κ3) is 2.98. The third-order valence-electron chi connectivity index (χ3n) is 2.71. The number of aromatic nitrogens is 1. The van der Waals surface area contributed by atoms with E-state index in [1.165, 1.54) is 5.56 Å². The molecule has 0 saturated carbocycles. The van der Waals surface area contributed by atoms with Crippen LogP contribution in [-0.2, 0) is 12.4 Å². The lowest BCUT2D eigenvalue weighted by Gasteiger charge is -2.21. The van der Waals surface area contributed by atoms with Crippen molar-refractivity contribution in [3.8, 4) is 0 Å². The van der Waals surface area contributed by atoms with Crippen molar-refractivity contribution in [3.05, 3.63) is 59.9 Å². The molecule has 0 fully saturated rings. The summed E-state index contributed by atoms with van der Waals surface area (Å²) in [6.45, 7) is 0.858. The maximum Gasteiger partial charge on any atom is 0.0597 e. The van der Waals surface area contributed by atoms with Crippen LogP contribution in [0.15, 0.2) is 48.8 Å². The van der Waals surface area contributed by atoms with Crippen molar-refractivity contribution in [3.63, 3.8) is 0 Å². The topological polar surface area (TPSA) is 16.1 Å². The second-order valence-electron chi connectivity index (χ2n) is 3.98. The molecule has 0 saturated heterocycles. The highest BCUT2D eigenvalue weighted by Gasteiger charge is 2.06. The van der Waals surface area contributed by atoms with E-state index in [-0.39, 0.29) is 0 Å². The van der Waals surface area contributed by atoms with Gasteiger partial charge in [-0.3, -0.25) is 4.98 Å². The van der Waals surface area contributed by atoms with Gasteiger partial charge in [-0.05, 0) is 17.2 Å². The van der Waals surface area contributed by atoms with Gasteiger partial charge in [-0.15, -0.1) is 11.6 Å². The maximum absolute atomic E-state index is 5.92. The van der Waals surface area contributed by atoms with Gasteiger partial charge in [0.25, 0.3) is 0 Å². The van der Waals surface area contributed by atoms with Crippen LogP contribution in [0, 0.1) is 0 Å². The fraction of sp³-hybridized carbons (Fsp3) is 0.214. The van der Waals surface area contributed by atoms with E-state index in [1.807, 2.05) is 18.3 Å². The van der Waals surface area contributed by atoms with Crippen molar-refractivity contribution < 1.29 is 0 Å². The average molecular weight is 247 g/mol. The Hall–Kier alpha value is -1.54. The minimum Gasteiger partial charge on any atom is -0.369 e. The molecule has 0 aliphatic carbocycles. The van der Waals surface area contributed by atoms with Crippen molar-refractivity contribution in [2.75, 3.05) is 11.9 Å². The lowest BCUT2D eigenvalue weighted by molar-refractivity contribution is 0.910. The SMILES string of the molecule is CN(Cc1ccccc1)c1cnccc1CCl. The lowest BCUT2D eigenvalue weighted by atomic mass is 10.2. The van der Waals surface area contributed by atoms with Gasteiger partial charge in [-0.1, -0.05) is 30.3 Å². The first-order valence-electron chi connectivity index (χ1n) is 5.55. The summed E-state index contributed by atoms with van der Waals surface area (Å²) in [5.74, 6) is 0.511. The molecule has 0 aliphatic rings. The third-order valence-corrected chi connectivity index (χ3v) is 2.99. The van der Waals surface area contributed by atoms with E-state index in [0.717, 1.165) is 17.8 Å². The Morgan fingerprint density at radius 2 is 1.94 bits per heavy atom. The van der Waals surface area contributed by atoms with Crippen LogP contribution in [-0.4, -0.2) is 12.0 Å². The molecule has 2 nitrogen and oxygen atoms in total. The molecule has 1 heterocycles. The van der Waals surface area contributed by atoms with Gasteiger partial charge < -0.3 is 4.90 Å². The van der Waals surface area contributed by atoms with Gasteiger partial charge in [0.1, 0.15) is 0 Å². The number of pyridine rings is 1. The van der Waals surface area contributed by atoms with Gasteiger partial charge in [-0.2, -0.15) is 0 Å². The molecular formula is C14H15ClN2. The van der Waals surface area contributed by atoms with Crippen LogP contribution in [0.4, 0.5) is 5.69 Å². The normalized spacial score (nSPS) is 10.2. The number of benzene rings is 1. The average Bonchev–Trinajstić information content (AvgIpc) is 2.40. The van der Waals surface area contributed by atoms with Crippen molar-refractivity contribution in [1.29, 1.82) is 0 Å². The molecule has 2 rings (SSSR count). The van der Waals surface area contributed by atoms with Crippen LogP contribution in [0.2, 0.25) is 0 Å². The van der Waals surface area contributed by atoms with Crippen molar-refractivity contribution in [2.45, 2.75) is 12.4 Å². The van der Waals surface area contributed by atoms with Crippen molar-refractivity contribution in [2.24, 2.45) is 0 Å². The van der Waals surface area contributed by atoms with Crippen LogP contribution in [0.1, 0.15) is 11.1 Å². The summed E-state index contributed by atoms with van der Waals surface area (Å²) in [6.07, 6.45) is 3.64. The van der Waals surface area contributed by atoms with Crippen LogP contribution >= 0.6 is 11.6 Å². The molecule has 0 N–H and O–H groups in total. The predicted molar refractivity (Wildman–Crippen MR) is 72.3 cm³/mol. The fourth-order valence-electron chi connectivity index (χ4n) is 1.81. The van der Waals surface area contributed by atoms with Gasteiger partial charge in [0.15, 0.2) is 0 Å². The first kappa shape index (κ1) is 11.9. The monoisotopic (exact) mass is 246 g/mol. The van der Waals surface area contributed by atoms with Gasteiger partial charge in [0.05, 0.1) is 11.9 Å². The Kier molecular flexibility index (Phi) is 3.99. The van der Waals surface area contributed by atoms with Crippen LogP contribution in [0.25, 0.3) is 0 Å². The molecule has 2 aromatic rings. The first-order chi connectivity index (χ1) is 8.31. The second kappa shape index (κ2) is 5.69. The fourth-order valence-corrected chi connectivity index (χ4v) is 2.04. The second-order valence-corrected chi connectivity index (χ2v) is 4.25. The molecule has 0 amide bonds. The van der Waals surface area contributed by atoms with Gasteiger partial charge in [0.2, 0.25) is 0 Å². The highest BCUT2D eigenvalue weighted by atomic mass is 35.5. The highest BCUT2D eigenvalue weighted by Crippen LogP contribution is 2.21. The quantitative estimate of drug-likeness (QED) is 0.768. The van der Waals surface area contributed by atoms with E-state index in [2.05, 4.69) is 41.2 Å². The Morgan fingerprint density at radius 1 is 1.18 bits per heavy atom. The molecule has 3 heteroatoms. The first-order valence-corrected chi connectivity index (χ1v) is 6.08. The predicted octanol–water partition coefficient (Wildman–Crippen LogP) is 3.46. The van der Waals surface area contributed by atoms with E-state index in [4.69, 9.17) is 11.6 Å². The molecule has 0 unspecified atom stereocenters. The molecule has 0 radical (unpaired) electrons. The van der Waals surface area contributed by atoms with Crippen molar-refractivity contribution >= 4 is 17.3 Å². The maximum atomic E-state index is 5.92. The molecule has 88 valence electrons. The number of rotatable bonds is 4. The smallest absolute Gasteiger partial charge is 0.0597 e. The minimum absolute atomic E-state index is 0.511. The summed E-state index contributed by atoms with van der Waals surface area (Å²) in [5.41, 5.74) is 3.48. The summed E-state index contributed by atoms with van der Waals surface area (Å²) in [7, 11) is 2.06. The Morgan fingerprint density at radius 3 is 2.65 bits per heavy atom. The number of nitrogens with zero attached hydrogens (tertiary/aromatic N) is 2. The summed E-state index contributed by atoms with van der Waals surface area (Å²) in [4.78, 5) is 6.32. The Balaban J connectivity index is 2.17. The number of hydrogen-bond donors (Lipinski definition) is 0. The number of hydrogen-bond acceptors (Lipinski definition) is 2. The molecule has 1 aromatic carbocycles. The molecule has 0 spiro atoms.